The van der Waals surface area contributed by atoms with Crippen LogP contribution in [0.1, 0.15) is 30.3 Å². The third-order valence-corrected chi connectivity index (χ3v) is 6.79. The van der Waals surface area contributed by atoms with Crippen LogP contribution in [-0.2, 0) is 11.3 Å². The molecular weight excluding hydrogens is 442 g/mol. The van der Waals surface area contributed by atoms with Crippen molar-refractivity contribution in [3.63, 3.8) is 0 Å². The SMILES string of the molecule is CCCSc1nc(N2CCOCC2)c2nc(/C=C/c3ccccc3)n(Cc3ccccc3)c2n1. The van der Waals surface area contributed by atoms with Gasteiger partial charge in [-0.1, -0.05) is 85.4 Å². The number of morpholine rings is 1. The van der Waals surface area contributed by atoms with Gasteiger partial charge in [0.15, 0.2) is 22.1 Å². The zero-order valence-electron chi connectivity index (χ0n) is 19.4. The van der Waals surface area contributed by atoms with Gasteiger partial charge in [-0.05, 0) is 23.6 Å². The number of thioether (sulfide) groups is 1. The third kappa shape index (κ3) is 5.16. The predicted octanol–water partition coefficient (Wildman–Crippen LogP) is 5.38. The highest BCUT2D eigenvalue weighted by Crippen LogP contribution is 2.29. The molecule has 0 amide bonds. The number of imidazole rings is 1. The number of hydrogen-bond donors (Lipinski definition) is 0. The Kier molecular flexibility index (Phi) is 7.22. The van der Waals surface area contributed by atoms with Crippen LogP contribution in [0.15, 0.2) is 65.8 Å². The maximum atomic E-state index is 5.60. The fourth-order valence-corrected chi connectivity index (χ4v) is 4.71. The summed E-state index contributed by atoms with van der Waals surface area (Å²) in [5.41, 5.74) is 4.09. The van der Waals surface area contributed by atoms with Crippen LogP contribution in [0.5, 0.6) is 0 Å². The number of rotatable bonds is 8. The Balaban J connectivity index is 1.65. The van der Waals surface area contributed by atoms with E-state index in [4.69, 9.17) is 19.7 Å². The van der Waals surface area contributed by atoms with E-state index >= 15 is 0 Å². The Hall–Kier alpha value is -3.16. The average molecular weight is 472 g/mol. The van der Waals surface area contributed by atoms with Gasteiger partial charge in [0.05, 0.1) is 19.8 Å². The van der Waals surface area contributed by atoms with Crippen molar-refractivity contribution in [3.8, 4) is 0 Å². The van der Waals surface area contributed by atoms with Gasteiger partial charge in [-0.3, -0.25) is 0 Å². The minimum absolute atomic E-state index is 0.698. The number of nitrogens with zero attached hydrogens (tertiary/aromatic N) is 5. The Morgan fingerprint density at radius 1 is 0.912 bits per heavy atom. The van der Waals surface area contributed by atoms with Gasteiger partial charge in [-0.25, -0.2) is 15.0 Å². The summed E-state index contributed by atoms with van der Waals surface area (Å²) < 4.78 is 7.81. The molecule has 0 saturated carbocycles. The van der Waals surface area contributed by atoms with Crippen LogP contribution in [-0.4, -0.2) is 51.6 Å². The van der Waals surface area contributed by atoms with E-state index in [2.05, 4.69) is 64.9 Å². The first-order valence-corrected chi connectivity index (χ1v) is 12.8. The van der Waals surface area contributed by atoms with Crippen LogP contribution in [0.3, 0.4) is 0 Å². The van der Waals surface area contributed by atoms with Crippen molar-refractivity contribution in [1.82, 2.24) is 19.5 Å². The van der Waals surface area contributed by atoms with Gasteiger partial charge in [-0.2, -0.15) is 0 Å². The zero-order chi connectivity index (χ0) is 23.2. The number of benzene rings is 2. The number of fused-ring (bicyclic) bond motifs is 1. The molecule has 6 nitrogen and oxygen atoms in total. The van der Waals surface area contributed by atoms with Gasteiger partial charge >= 0.3 is 0 Å². The van der Waals surface area contributed by atoms with Crippen molar-refractivity contribution in [2.24, 2.45) is 0 Å². The Bertz CT molecular complexity index is 1250. The fourth-order valence-electron chi connectivity index (χ4n) is 4.02. The van der Waals surface area contributed by atoms with Gasteiger partial charge in [0.1, 0.15) is 5.82 Å². The second kappa shape index (κ2) is 10.8. The largest absolute Gasteiger partial charge is 0.378 e. The lowest BCUT2D eigenvalue weighted by molar-refractivity contribution is 0.122. The summed E-state index contributed by atoms with van der Waals surface area (Å²) >= 11 is 1.71. The molecule has 3 heterocycles. The molecule has 1 saturated heterocycles. The van der Waals surface area contributed by atoms with Gasteiger partial charge < -0.3 is 14.2 Å². The zero-order valence-corrected chi connectivity index (χ0v) is 20.2. The topological polar surface area (TPSA) is 56.1 Å². The van der Waals surface area contributed by atoms with Gasteiger partial charge in [-0.15, -0.1) is 0 Å². The molecule has 34 heavy (non-hydrogen) atoms. The highest BCUT2D eigenvalue weighted by molar-refractivity contribution is 7.99. The van der Waals surface area contributed by atoms with Crippen molar-refractivity contribution >= 4 is 40.9 Å². The Morgan fingerprint density at radius 2 is 1.65 bits per heavy atom. The molecule has 0 atom stereocenters. The predicted molar refractivity (Wildman–Crippen MR) is 140 cm³/mol. The Morgan fingerprint density at radius 3 is 2.38 bits per heavy atom. The normalized spacial score (nSPS) is 14.3. The molecule has 1 aliphatic heterocycles. The molecule has 2 aromatic carbocycles. The van der Waals surface area contributed by atoms with Crippen LogP contribution in [0.4, 0.5) is 5.82 Å². The summed E-state index contributed by atoms with van der Waals surface area (Å²) in [7, 11) is 0. The molecule has 2 aromatic heterocycles. The van der Waals surface area contributed by atoms with E-state index in [0.717, 1.165) is 58.8 Å². The summed E-state index contributed by atoms with van der Waals surface area (Å²) in [6.07, 6.45) is 5.27. The molecule has 7 heteroatoms. The molecule has 0 spiro atoms. The van der Waals surface area contributed by atoms with Crippen molar-refractivity contribution < 1.29 is 4.74 Å². The van der Waals surface area contributed by atoms with E-state index in [1.165, 1.54) is 5.56 Å². The van der Waals surface area contributed by atoms with E-state index in [1.807, 2.05) is 24.3 Å². The third-order valence-electron chi connectivity index (χ3n) is 5.74. The van der Waals surface area contributed by atoms with E-state index in [1.54, 1.807) is 11.8 Å². The van der Waals surface area contributed by atoms with Gasteiger partial charge in [0.2, 0.25) is 0 Å². The van der Waals surface area contributed by atoms with E-state index in [-0.39, 0.29) is 0 Å². The summed E-state index contributed by atoms with van der Waals surface area (Å²) in [4.78, 5) is 17.3. The summed E-state index contributed by atoms with van der Waals surface area (Å²) in [5.74, 6) is 2.78. The van der Waals surface area contributed by atoms with Crippen LogP contribution >= 0.6 is 11.8 Å². The molecule has 1 fully saturated rings. The second-order valence-corrected chi connectivity index (χ2v) is 9.30. The molecule has 4 aromatic rings. The lowest BCUT2D eigenvalue weighted by Gasteiger charge is -2.28. The van der Waals surface area contributed by atoms with E-state index in [0.29, 0.717) is 19.8 Å². The molecular formula is C27H29N5OS. The van der Waals surface area contributed by atoms with Gasteiger partial charge in [0.25, 0.3) is 0 Å². The van der Waals surface area contributed by atoms with Crippen LogP contribution < -0.4 is 4.90 Å². The highest BCUT2D eigenvalue weighted by Gasteiger charge is 2.22. The lowest BCUT2D eigenvalue weighted by Crippen LogP contribution is -2.37. The number of aromatic nitrogens is 4. The monoisotopic (exact) mass is 471 g/mol. The molecule has 0 bridgehead atoms. The van der Waals surface area contributed by atoms with Crippen LogP contribution in [0.2, 0.25) is 0 Å². The maximum absolute atomic E-state index is 5.60. The lowest BCUT2D eigenvalue weighted by atomic mass is 10.2. The molecule has 174 valence electrons. The van der Waals surface area contributed by atoms with Crippen molar-refractivity contribution in [2.75, 3.05) is 37.0 Å². The Labute approximate surface area is 204 Å². The minimum Gasteiger partial charge on any atom is -0.378 e. The quantitative estimate of drug-likeness (QED) is 0.254. The average Bonchev–Trinajstić information content (AvgIpc) is 3.24. The number of ether oxygens (including phenoxy) is 1. The first-order chi connectivity index (χ1) is 16.8. The molecule has 0 aliphatic carbocycles. The number of anilines is 1. The molecule has 0 N–H and O–H groups in total. The first-order valence-electron chi connectivity index (χ1n) is 11.8. The smallest absolute Gasteiger partial charge is 0.191 e. The first kappa shape index (κ1) is 22.6. The maximum Gasteiger partial charge on any atom is 0.191 e. The second-order valence-electron chi connectivity index (χ2n) is 8.24. The van der Waals surface area contributed by atoms with Crippen LogP contribution in [0.25, 0.3) is 23.3 Å². The summed E-state index contributed by atoms with van der Waals surface area (Å²) in [6.45, 7) is 5.90. The summed E-state index contributed by atoms with van der Waals surface area (Å²) in [5, 5.41) is 0.809. The fraction of sp³-hybridized carbons (Fsp3) is 0.296. The van der Waals surface area contributed by atoms with E-state index < -0.39 is 0 Å². The van der Waals surface area contributed by atoms with Crippen molar-refractivity contribution in [2.45, 2.75) is 25.0 Å². The van der Waals surface area contributed by atoms with Crippen LogP contribution in [0, 0.1) is 0 Å². The van der Waals surface area contributed by atoms with Crippen molar-refractivity contribution in [1.29, 1.82) is 0 Å². The standard InChI is InChI=1S/C27H29N5OS/c1-2-19-34-27-29-25(31-15-17-33-18-16-31)24-26(30-27)32(20-22-11-7-4-8-12-22)23(28-24)14-13-21-9-5-3-6-10-21/h3-14H,2,15-20H2,1H3/b14-13+. The highest BCUT2D eigenvalue weighted by atomic mass is 32.2. The molecule has 5 rings (SSSR count). The molecule has 0 unspecified atom stereocenters. The molecule has 1 aliphatic rings. The minimum atomic E-state index is 0.698. The van der Waals surface area contributed by atoms with E-state index in [9.17, 15) is 0 Å². The number of hydrogen-bond acceptors (Lipinski definition) is 6. The summed E-state index contributed by atoms with van der Waals surface area (Å²) in [6, 6.07) is 20.8. The van der Waals surface area contributed by atoms with Crippen molar-refractivity contribution in [3.05, 3.63) is 77.6 Å². The van der Waals surface area contributed by atoms with Gasteiger partial charge in [0, 0.05) is 18.8 Å². The molecule has 0 radical (unpaired) electrons.